The minimum absolute atomic E-state index is 1.06. The number of hydrogen-bond acceptors (Lipinski definition) is 0. The first-order valence-corrected chi connectivity index (χ1v) is 2.39. The summed E-state index contributed by atoms with van der Waals surface area (Å²) in [6.07, 6.45) is 1.49. The summed E-state index contributed by atoms with van der Waals surface area (Å²) in [5.74, 6) is 1.06. The van der Waals surface area contributed by atoms with Crippen LogP contribution in [0.2, 0.25) is 12.1 Å². The summed E-state index contributed by atoms with van der Waals surface area (Å²) in [5, 5.41) is 0. The fourth-order valence-corrected chi connectivity index (χ4v) is 0.612. The van der Waals surface area contributed by atoms with Crippen LogP contribution in [0.15, 0.2) is 0 Å². The predicted octanol–water partition coefficient (Wildman–Crippen LogP) is 0.0147. The van der Waals surface area contributed by atoms with Crippen LogP contribution in [0.5, 0.6) is 0 Å². The van der Waals surface area contributed by atoms with E-state index in [2.05, 4.69) is 6.92 Å². The zero-order valence-electron chi connectivity index (χ0n) is 3.70. The van der Waals surface area contributed by atoms with Crippen molar-refractivity contribution in [1.29, 1.82) is 0 Å². The van der Waals surface area contributed by atoms with Crippen molar-refractivity contribution in [2.45, 2.75) is 19.1 Å². The van der Waals surface area contributed by atoms with E-state index in [0.717, 1.165) is 5.82 Å². The number of rotatable bonds is 0. The molecule has 1 fully saturated rings. The fourth-order valence-electron chi connectivity index (χ4n) is 0.612. The van der Waals surface area contributed by atoms with Crippen molar-refractivity contribution in [3.8, 4) is 0 Å². The monoisotopic (exact) mass is 66.1 g/mol. The van der Waals surface area contributed by atoms with Crippen LogP contribution < -0.4 is 0 Å². The lowest BCUT2D eigenvalue weighted by Gasteiger charge is -2.15. The molecule has 1 rings (SSSR count). The molecular formula is C3H8B2. The summed E-state index contributed by atoms with van der Waals surface area (Å²) in [6.45, 7) is 2.31. The first-order chi connectivity index (χ1) is 2.39. The van der Waals surface area contributed by atoms with Gasteiger partial charge in [0, 0.05) is 0 Å². The van der Waals surface area contributed by atoms with Gasteiger partial charge >= 0.3 is 0 Å². The van der Waals surface area contributed by atoms with Gasteiger partial charge in [-0.15, -0.1) is 0 Å². The van der Waals surface area contributed by atoms with E-state index in [1.165, 1.54) is 20.7 Å². The van der Waals surface area contributed by atoms with Crippen molar-refractivity contribution in [2.24, 2.45) is 0 Å². The van der Waals surface area contributed by atoms with Gasteiger partial charge in [-0.1, -0.05) is 19.1 Å². The molecule has 0 aromatic rings. The fraction of sp³-hybridized carbons (Fsp3) is 1.00. The van der Waals surface area contributed by atoms with Gasteiger partial charge in [0.1, 0.15) is 0 Å². The van der Waals surface area contributed by atoms with Crippen LogP contribution in [-0.2, 0) is 0 Å². The Morgan fingerprint density at radius 1 is 1.80 bits per heavy atom. The quantitative estimate of drug-likeness (QED) is 0.349. The van der Waals surface area contributed by atoms with E-state index in [0.29, 0.717) is 0 Å². The van der Waals surface area contributed by atoms with Crippen LogP contribution in [0.3, 0.4) is 0 Å². The van der Waals surface area contributed by atoms with E-state index in [1.807, 2.05) is 0 Å². The van der Waals surface area contributed by atoms with Crippen molar-refractivity contribution in [2.75, 3.05) is 0 Å². The molecule has 0 radical (unpaired) electrons. The van der Waals surface area contributed by atoms with E-state index < -0.39 is 0 Å². The molecule has 1 heterocycles. The Balaban J connectivity index is 2.08. The Morgan fingerprint density at radius 3 is 2.20 bits per heavy atom. The highest BCUT2D eigenvalue weighted by Crippen LogP contribution is 2.15. The van der Waals surface area contributed by atoms with Gasteiger partial charge in [0.05, 0.1) is 14.3 Å². The standard InChI is InChI=1S/C3H8B2/c1-3-2-4-5-3/h3-5H,2H2,1H3. The molecule has 0 N–H and O–H groups in total. The molecule has 1 aliphatic heterocycles. The van der Waals surface area contributed by atoms with Crippen molar-refractivity contribution in [3.63, 3.8) is 0 Å². The molecule has 5 heavy (non-hydrogen) atoms. The van der Waals surface area contributed by atoms with Gasteiger partial charge in [0.25, 0.3) is 0 Å². The van der Waals surface area contributed by atoms with Gasteiger partial charge in [0.2, 0.25) is 0 Å². The molecule has 1 saturated heterocycles. The third-order valence-corrected chi connectivity index (χ3v) is 1.39. The van der Waals surface area contributed by atoms with E-state index in [1.54, 1.807) is 0 Å². The molecular weight excluding hydrogens is 57.7 g/mol. The van der Waals surface area contributed by atoms with Crippen molar-refractivity contribution >= 4 is 14.3 Å². The maximum absolute atomic E-state index is 2.31. The van der Waals surface area contributed by atoms with E-state index in [-0.39, 0.29) is 0 Å². The summed E-state index contributed by atoms with van der Waals surface area (Å²) in [5.41, 5.74) is 0. The second kappa shape index (κ2) is 1.08. The summed E-state index contributed by atoms with van der Waals surface area (Å²) in [4.78, 5) is 0. The maximum Gasteiger partial charge on any atom is 0.0892 e. The van der Waals surface area contributed by atoms with Gasteiger partial charge in [-0.2, -0.15) is 0 Å². The van der Waals surface area contributed by atoms with Gasteiger partial charge in [-0.25, -0.2) is 0 Å². The van der Waals surface area contributed by atoms with Gasteiger partial charge < -0.3 is 0 Å². The van der Waals surface area contributed by atoms with Crippen molar-refractivity contribution < 1.29 is 0 Å². The zero-order chi connectivity index (χ0) is 3.70. The SMILES string of the molecule is CC1BBC1. The van der Waals surface area contributed by atoms with Crippen LogP contribution in [-0.4, -0.2) is 14.3 Å². The smallest absolute Gasteiger partial charge is 0.0892 e. The van der Waals surface area contributed by atoms with E-state index in [4.69, 9.17) is 0 Å². The summed E-state index contributed by atoms with van der Waals surface area (Å²) in [7, 11) is 2.97. The molecule has 0 saturated carbocycles. The molecule has 0 aliphatic carbocycles. The Bertz CT molecular complexity index is 31.9. The highest BCUT2D eigenvalue weighted by molar-refractivity contribution is 7.06. The average Bonchev–Trinajstić information content (AvgIpc) is 1.30. The molecule has 0 amide bonds. The summed E-state index contributed by atoms with van der Waals surface area (Å²) < 4.78 is 0. The Morgan fingerprint density at radius 2 is 2.20 bits per heavy atom. The molecule has 26 valence electrons. The molecule has 0 nitrogen and oxygen atoms in total. The maximum atomic E-state index is 2.31. The minimum Gasteiger partial charge on any atom is -0.0893 e. The molecule has 2 heteroatoms. The molecule has 0 aromatic heterocycles. The van der Waals surface area contributed by atoms with Gasteiger partial charge in [-0.3, -0.25) is 0 Å². The largest absolute Gasteiger partial charge is 0.0893 e. The molecule has 0 spiro atoms. The van der Waals surface area contributed by atoms with Crippen LogP contribution in [0.4, 0.5) is 0 Å². The summed E-state index contributed by atoms with van der Waals surface area (Å²) >= 11 is 0. The second-order valence-electron chi connectivity index (χ2n) is 2.04. The van der Waals surface area contributed by atoms with Crippen LogP contribution >= 0.6 is 0 Å². The highest BCUT2D eigenvalue weighted by atomic mass is 13.8. The Labute approximate surface area is 34.4 Å². The normalized spacial score (nSPS) is 33.4. The van der Waals surface area contributed by atoms with Crippen LogP contribution in [0, 0.1) is 0 Å². The molecule has 1 aliphatic rings. The lowest BCUT2D eigenvalue weighted by atomic mass is 9.20. The topological polar surface area (TPSA) is 0 Å². The van der Waals surface area contributed by atoms with Gasteiger partial charge in [-0.05, 0) is 0 Å². The summed E-state index contributed by atoms with van der Waals surface area (Å²) in [6, 6.07) is 0. The van der Waals surface area contributed by atoms with E-state index >= 15 is 0 Å². The molecule has 1 atom stereocenters. The Kier molecular flexibility index (Phi) is 0.716. The van der Waals surface area contributed by atoms with Crippen molar-refractivity contribution in [3.05, 3.63) is 0 Å². The Hall–Kier alpha value is 0.130. The first kappa shape index (κ1) is 3.32. The van der Waals surface area contributed by atoms with Crippen molar-refractivity contribution in [1.82, 2.24) is 0 Å². The zero-order valence-corrected chi connectivity index (χ0v) is 3.70. The van der Waals surface area contributed by atoms with E-state index in [9.17, 15) is 0 Å². The van der Waals surface area contributed by atoms with Crippen LogP contribution in [0.25, 0.3) is 0 Å². The van der Waals surface area contributed by atoms with Gasteiger partial charge in [0.15, 0.2) is 0 Å². The first-order valence-electron chi connectivity index (χ1n) is 2.39. The highest BCUT2D eigenvalue weighted by Gasteiger charge is 2.13. The molecule has 0 bridgehead atoms. The third kappa shape index (κ3) is 0.499. The molecule has 1 unspecified atom stereocenters. The van der Waals surface area contributed by atoms with Crippen LogP contribution in [0.1, 0.15) is 6.92 Å². The number of hydrogen-bond donors (Lipinski definition) is 0. The lowest BCUT2D eigenvalue weighted by Crippen LogP contribution is -2.21. The second-order valence-corrected chi connectivity index (χ2v) is 2.04. The minimum atomic E-state index is 1.06. The average molecular weight is 65.7 g/mol. The molecule has 0 aromatic carbocycles. The third-order valence-electron chi connectivity index (χ3n) is 1.39. The predicted molar refractivity (Wildman–Crippen MR) is 28.5 cm³/mol. The lowest BCUT2D eigenvalue weighted by molar-refractivity contribution is 1.03.